The quantitative estimate of drug-likeness (QED) is 0.382. The molecule has 1 atom stereocenters. The predicted molar refractivity (Wildman–Crippen MR) is 129 cm³/mol. The van der Waals surface area contributed by atoms with E-state index >= 15 is 0 Å². The smallest absolute Gasteiger partial charge is 0.187 e. The molecule has 5 rings (SSSR count). The van der Waals surface area contributed by atoms with Crippen LogP contribution in [0.25, 0.3) is 32.9 Å². The number of hydrogen-bond acceptors (Lipinski definition) is 3. The standard InChI is InChI=1S/C27H27N5/c1-19-4-7-22(8-5-19)26-25(21-10-12-24(28-2)13-11-21)16-23(27-29-18-30-32(26)27)9-6-20-14-15-31(3)17-20/h4-5,7-8,10-13,16,18,20H,6,9,14-15,17H2,1,3H3. The Morgan fingerprint density at radius 2 is 1.81 bits per heavy atom. The monoisotopic (exact) mass is 421 g/mol. The lowest BCUT2D eigenvalue weighted by Crippen LogP contribution is -2.14. The summed E-state index contributed by atoms with van der Waals surface area (Å²) in [6.07, 6.45) is 5.08. The fourth-order valence-corrected chi connectivity index (χ4v) is 4.78. The minimum Gasteiger partial charge on any atom is -0.306 e. The summed E-state index contributed by atoms with van der Waals surface area (Å²) < 4.78 is 2.00. The third-order valence-corrected chi connectivity index (χ3v) is 6.56. The van der Waals surface area contributed by atoms with Crippen LogP contribution in [0, 0.1) is 19.4 Å². The Balaban J connectivity index is 1.64. The SMILES string of the molecule is [C-]#[N+]c1ccc(-c2cc(CCC3CCN(C)C3)c3ncnn3c2-c2ccc(C)cc2)cc1. The molecule has 1 unspecified atom stereocenters. The first-order chi connectivity index (χ1) is 15.6. The van der Waals surface area contributed by atoms with Crippen molar-refractivity contribution in [2.75, 3.05) is 20.1 Å². The van der Waals surface area contributed by atoms with Crippen molar-refractivity contribution in [3.8, 4) is 22.4 Å². The topological polar surface area (TPSA) is 37.8 Å². The fourth-order valence-electron chi connectivity index (χ4n) is 4.78. The van der Waals surface area contributed by atoms with Crippen LogP contribution < -0.4 is 0 Å². The zero-order valence-corrected chi connectivity index (χ0v) is 18.6. The average Bonchev–Trinajstić information content (AvgIpc) is 3.47. The van der Waals surface area contributed by atoms with E-state index in [1.54, 1.807) is 6.33 Å². The third-order valence-electron chi connectivity index (χ3n) is 6.56. The Hall–Kier alpha value is -3.49. The molecule has 0 spiro atoms. The summed E-state index contributed by atoms with van der Waals surface area (Å²) in [7, 11) is 2.21. The second-order valence-electron chi connectivity index (χ2n) is 8.91. The molecule has 5 heteroatoms. The van der Waals surface area contributed by atoms with E-state index in [0.29, 0.717) is 5.69 Å². The largest absolute Gasteiger partial charge is 0.306 e. The highest BCUT2D eigenvalue weighted by atomic mass is 15.3. The summed E-state index contributed by atoms with van der Waals surface area (Å²) >= 11 is 0. The van der Waals surface area contributed by atoms with Gasteiger partial charge in [0.15, 0.2) is 11.3 Å². The highest BCUT2D eigenvalue weighted by molar-refractivity contribution is 5.84. The zero-order chi connectivity index (χ0) is 22.1. The molecule has 1 aliphatic rings. The van der Waals surface area contributed by atoms with Crippen molar-refractivity contribution in [2.45, 2.75) is 26.2 Å². The number of likely N-dealkylation sites (tertiary alicyclic amines) is 1. The fraction of sp³-hybridized carbons (Fsp3) is 0.296. The molecule has 2 aromatic heterocycles. The van der Waals surface area contributed by atoms with Crippen LogP contribution >= 0.6 is 0 Å². The summed E-state index contributed by atoms with van der Waals surface area (Å²) in [5, 5.41) is 4.64. The normalized spacial score (nSPS) is 16.5. The molecule has 0 saturated carbocycles. The van der Waals surface area contributed by atoms with Gasteiger partial charge in [0, 0.05) is 17.7 Å². The van der Waals surface area contributed by atoms with Gasteiger partial charge in [0.05, 0.1) is 12.3 Å². The molecule has 5 nitrogen and oxygen atoms in total. The second-order valence-corrected chi connectivity index (χ2v) is 8.91. The molecular weight excluding hydrogens is 394 g/mol. The first-order valence-electron chi connectivity index (χ1n) is 11.2. The van der Waals surface area contributed by atoms with E-state index < -0.39 is 0 Å². The summed E-state index contributed by atoms with van der Waals surface area (Å²) in [5.41, 5.74) is 8.42. The molecule has 4 aromatic rings. The Bertz CT molecular complexity index is 1280. The van der Waals surface area contributed by atoms with Crippen LogP contribution in [0.4, 0.5) is 5.69 Å². The van der Waals surface area contributed by atoms with E-state index in [-0.39, 0.29) is 0 Å². The van der Waals surface area contributed by atoms with Crippen LogP contribution in [0.15, 0.2) is 60.9 Å². The number of benzene rings is 2. The van der Waals surface area contributed by atoms with Crippen molar-refractivity contribution in [2.24, 2.45) is 5.92 Å². The van der Waals surface area contributed by atoms with Crippen molar-refractivity contribution in [1.82, 2.24) is 19.5 Å². The van der Waals surface area contributed by atoms with Gasteiger partial charge in [0.1, 0.15) is 6.33 Å². The number of nitrogens with zero attached hydrogens (tertiary/aromatic N) is 5. The van der Waals surface area contributed by atoms with E-state index in [2.05, 4.69) is 64.1 Å². The first-order valence-corrected chi connectivity index (χ1v) is 11.2. The summed E-state index contributed by atoms with van der Waals surface area (Å²) in [5.74, 6) is 0.737. The lowest BCUT2D eigenvalue weighted by Gasteiger charge is -2.17. The minimum absolute atomic E-state index is 0.651. The number of aryl methyl sites for hydroxylation is 2. The number of pyridine rings is 1. The number of rotatable bonds is 5. The van der Waals surface area contributed by atoms with Crippen LogP contribution in [0.1, 0.15) is 24.0 Å². The maximum Gasteiger partial charge on any atom is 0.187 e. The number of hydrogen-bond donors (Lipinski definition) is 0. The third kappa shape index (κ3) is 3.90. The number of fused-ring (bicyclic) bond motifs is 1. The lowest BCUT2D eigenvalue weighted by atomic mass is 9.94. The predicted octanol–water partition coefficient (Wildman–Crippen LogP) is 5.81. The molecule has 2 aromatic carbocycles. The van der Waals surface area contributed by atoms with Gasteiger partial charge >= 0.3 is 0 Å². The van der Waals surface area contributed by atoms with E-state index in [0.717, 1.165) is 46.8 Å². The van der Waals surface area contributed by atoms with Gasteiger partial charge in [-0.3, -0.25) is 0 Å². The van der Waals surface area contributed by atoms with Gasteiger partial charge in [-0.2, -0.15) is 5.10 Å². The van der Waals surface area contributed by atoms with Gasteiger partial charge in [0.2, 0.25) is 0 Å². The highest BCUT2D eigenvalue weighted by Crippen LogP contribution is 2.36. The van der Waals surface area contributed by atoms with E-state index in [1.807, 2.05) is 28.8 Å². The van der Waals surface area contributed by atoms with Crippen LogP contribution in [-0.4, -0.2) is 39.6 Å². The molecule has 1 aliphatic heterocycles. The van der Waals surface area contributed by atoms with Crippen molar-refractivity contribution < 1.29 is 0 Å². The molecule has 1 saturated heterocycles. The van der Waals surface area contributed by atoms with Gasteiger partial charge in [-0.25, -0.2) is 14.3 Å². The molecule has 0 bridgehead atoms. The molecule has 0 N–H and O–H groups in total. The molecule has 1 fully saturated rings. The van der Waals surface area contributed by atoms with Crippen molar-refractivity contribution >= 4 is 11.3 Å². The van der Waals surface area contributed by atoms with Gasteiger partial charge in [-0.15, -0.1) is 0 Å². The molecule has 0 amide bonds. The Morgan fingerprint density at radius 3 is 2.50 bits per heavy atom. The van der Waals surface area contributed by atoms with Crippen LogP contribution in [0.5, 0.6) is 0 Å². The Morgan fingerprint density at radius 1 is 1.06 bits per heavy atom. The molecule has 32 heavy (non-hydrogen) atoms. The summed E-state index contributed by atoms with van der Waals surface area (Å²) in [6.45, 7) is 11.8. The average molecular weight is 422 g/mol. The summed E-state index contributed by atoms with van der Waals surface area (Å²) in [4.78, 5) is 10.6. The number of aromatic nitrogens is 3. The highest BCUT2D eigenvalue weighted by Gasteiger charge is 2.21. The molecular formula is C27H27N5. The van der Waals surface area contributed by atoms with E-state index in [4.69, 9.17) is 6.57 Å². The van der Waals surface area contributed by atoms with E-state index in [1.165, 1.54) is 30.6 Å². The van der Waals surface area contributed by atoms with Gasteiger partial charge in [-0.05, 0) is 62.9 Å². The van der Waals surface area contributed by atoms with Crippen LogP contribution in [0.2, 0.25) is 0 Å². The maximum atomic E-state index is 7.29. The maximum absolute atomic E-state index is 7.29. The van der Waals surface area contributed by atoms with E-state index in [9.17, 15) is 0 Å². The molecule has 0 radical (unpaired) electrons. The molecule has 160 valence electrons. The lowest BCUT2D eigenvalue weighted by molar-refractivity contribution is 0.388. The van der Waals surface area contributed by atoms with Crippen LogP contribution in [-0.2, 0) is 6.42 Å². The molecule has 0 aliphatic carbocycles. The van der Waals surface area contributed by atoms with Gasteiger partial charge in [-0.1, -0.05) is 54.1 Å². The minimum atomic E-state index is 0.651. The Kier molecular flexibility index (Phi) is 5.46. The van der Waals surface area contributed by atoms with Crippen LogP contribution in [0.3, 0.4) is 0 Å². The molecule has 3 heterocycles. The zero-order valence-electron chi connectivity index (χ0n) is 18.6. The second kappa shape index (κ2) is 8.57. The first kappa shape index (κ1) is 20.4. The summed E-state index contributed by atoms with van der Waals surface area (Å²) in [6, 6.07) is 18.7. The van der Waals surface area contributed by atoms with Gasteiger partial charge in [0.25, 0.3) is 0 Å². The van der Waals surface area contributed by atoms with Crippen molar-refractivity contribution in [3.63, 3.8) is 0 Å². The Labute approximate surface area is 189 Å². The van der Waals surface area contributed by atoms with Gasteiger partial charge < -0.3 is 4.90 Å². The van der Waals surface area contributed by atoms with Crippen molar-refractivity contribution in [1.29, 1.82) is 0 Å². The van der Waals surface area contributed by atoms with Crippen molar-refractivity contribution in [3.05, 3.63) is 83.5 Å².